The van der Waals surface area contributed by atoms with Gasteiger partial charge in [0.25, 0.3) is 0 Å². The summed E-state index contributed by atoms with van der Waals surface area (Å²) in [5, 5.41) is 22.9. The average Bonchev–Trinajstić information content (AvgIpc) is 2.86. The molecule has 0 aromatic heterocycles. The fourth-order valence-electron chi connectivity index (χ4n) is 7.42. The fourth-order valence-corrected chi connectivity index (χ4v) is 7.42. The van der Waals surface area contributed by atoms with Crippen LogP contribution in [0.2, 0.25) is 0 Å². The van der Waals surface area contributed by atoms with Gasteiger partial charge in [-0.2, -0.15) is 0 Å². The van der Waals surface area contributed by atoms with E-state index >= 15 is 0 Å². The van der Waals surface area contributed by atoms with Gasteiger partial charge in [-0.3, -0.25) is 9.98 Å². The Kier molecular flexibility index (Phi) is 8.58. The molecule has 0 amide bonds. The molecule has 3 saturated carbocycles. The molecule has 242 valence electrons. The molecule has 0 radical (unpaired) electrons. The van der Waals surface area contributed by atoms with Crippen LogP contribution in [0, 0.1) is 17.3 Å². The number of hydrogen-bond donors (Lipinski definition) is 2. The molecule has 2 aromatic rings. The molecule has 3 fully saturated rings. The van der Waals surface area contributed by atoms with Gasteiger partial charge < -0.3 is 10.2 Å². The first-order chi connectivity index (χ1) is 19.9. The molecule has 0 saturated heterocycles. The zero-order valence-corrected chi connectivity index (χ0v) is 30.2. The molecule has 0 spiro atoms. The van der Waals surface area contributed by atoms with Crippen LogP contribution in [0.1, 0.15) is 150 Å². The highest BCUT2D eigenvalue weighted by Crippen LogP contribution is 2.64. The monoisotopic (exact) mass is 600 g/mol. The topological polar surface area (TPSA) is 65.2 Å². The third-order valence-electron chi connectivity index (χ3n) is 10.7. The maximum Gasteiger partial charge on any atom is 0.128 e. The number of fused-ring (bicyclic) bond motifs is 2. The van der Waals surface area contributed by atoms with E-state index in [1.165, 1.54) is 17.5 Å². The smallest absolute Gasteiger partial charge is 0.128 e. The number of aromatic hydroxyl groups is 2. The first-order valence-electron chi connectivity index (χ1n) is 16.7. The zero-order chi connectivity index (χ0) is 33.3. The van der Waals surface area contributed by atoms with Crippen molar-refractivity contribution in [2.45, 2.75) is 143 Å². The Hall–Kier alpha value is -2.62. The minimum absolute atomic E-state index is 0.0500. The average molecular weight is 601 g/mol. The van der Waals surface area contributed by atoms with E-state index in [0.29, 0.717) is 24.0 Å². The van der Waals surface area contributed by atoms with Crippen LogP contribution in [0.25, 0.3) is 0 Å². The zero-order valence-electron chi connectivity index (χ0n) is 30.2. The van der Waals surface area contributed by atoms with E-state index in [-0.39, 0.29) is 32.6 Å². The normalized spacial score (nSPS) is 24.2. The summed E-state index contributed by atoms with van der Waals surface area (Å²) >= 11 is 0. The van der Waals surface area contributed by atoms with Gasteiger partial charge in [0.05, 0.1) is 12.1 Å². The van der Waals surface area contributed by atoms with E-state index in [1.54, 1.807) is 0 Å². The first kappa shape index (κ1) is 34.3. The molecule has 5 rings (SSSR count). The quantitative estimate of drug-likeness (QED) is 0.335. The summed E-state index contributed by atoms with van der Waals surface area (Å²) in [5.74, 6) is 1.79. The largest absolute Gasteiger partial charge is 0.507 e. The highest BCUT2D eigenvalue weighted by atomic mass is 16.3. The molecular formula is C40H60N2O2. The molecular weight excluding hydrogens is 540 g/mol. The molecule has 2 N–H and O–H groups in total. The van der Waals surface area contributed by atoms with Crippen molar-refractivity contribution in [3.8, 4) is 11.5 Å². The SMILES string of the molecule is CC(C)(C)c1cc(C=NC[C@]2(N=Cc3cc(C(C)(C)C)cc(C(C)(C)C)c3O)CC[C@H]3C[C@@H]2C3(C)C)c(O)c(C(C)(C)C)c1. The molecule has 2 aromatic carbocycles. The van der Waals surface area contributed by atoms with Gasteiger partial charge in [-0.1, -0.05) is 109 Å². The highest BCUT2D eigenvalue weighted by Gasteiger charge is 2.61. The Balaban J connectivity index is 1.79. The third kappa shape index (κ3) is 6.51. The molecule has 3 aliphatic rings. The second-order valence-electron chi connectivity index (χ2n) is 18.6. The van der Waals surface area contributed by atoms with Crippen molar-refractivity contribution in [3.05, 3.63) is 57.6 Å². The summed E-state index contributed by atoms with van der Waals surface area (Å²) in [4.78, 5) is 10.5. The van der Waals surface area contributed by atoms with Crippen molar-refractivity contribution in [3.63, 3.8) is 0 Å². The van der Waals surface area contributed by atoms with Crippen molar-refractivity contribution in [1.29, 1.82) is 0 Å². The van der Waals surface area contributed by atoms with Crippen LogP contribution in [0.5, 0.6) is 11.5 Å². The van der Waals surface area contributed by atoms with Gasteiger partial charge in [-0.15, -0.1) is 0 Å². The number of nitrogens with zero attached hydrogens (tertiary/aromatic N) is 2. The summed E-state index contributed by atoms with van der Waals surface area (Å²) in [6.45, 7) is 31.5. The van der Waals surface area contributed by atoms with Gasteiger partial charge in [-0.25, -0.2) is 0 Å². The van der Waals surface area contributed by atoms with Crippen LogP contribution in [-0.4, -0.2) is 34.7 Å². The van der Waals surface area contributed by atoms with E-state index in [2.05, 4.69) is 121 Å². The van der Waals surface area contributed by atoms with Gasteiger partial charge >= 0.3 is 0 Å². The van der Waals surface area contributed by atoms with E-state index in [1.807, 2.05) is 12.4 Å². The van der Waals surface area contributed by atoms with Crippen LogP contribution < -0.4 is 0 Å². The van der Waals surface area contributed by atoms with Gasteiger partial charge in [0.1, 0.15) is 11.5 Å². The molecule has 4 heteroatoms. The summed E-state index contributed by atoms with van der Waals surface area (Å²) in [6.07, 6.45) is 7.10. The second kappa shape index (κ2) is 11.0. The predicted octanol–water partition coefficient (Wildman–Crippen LogP) is 10.0. The minimum atomic E-state index is -0.356. The van der Waals surface area contributed by atoms with Crippen LogP contribution in [0.15, 0.2) is 34.3 Å². The van der Waals surface area contributed by atoms with E-state index in [9.17, 15) is 10.2 Å². The third-order valence-corrected chi connectivity index (χ3v) is 10.7. The molecule has 0 unspecified atom stereocenters. The van der Waals surface area contributed by atoms with Gasteiger partial charge in [0, 0.05) is 34.7 Å². The van der Waals surface area contributed by atoms with E-state index in [4.69, 9.17) is 9.98 Å². The summed E-state index contributed by atoms with van der Waals surface area (Å²) in [5.41, 5.74) is 5.21. The van der Waals surface area contributed by atoms with Crippen LogP contribution in [-0.2, 0) is 21.7 Å². The Morgan fingerprint density at radius 1 is 0.705 bits per heavy atom. The fraction of sp³-hybridized carbons (Fsp3) is 0.650. The summed E-state index contributed by atoms with van der Waals surface area (Å²) in [7, 11) is 0. The number of hydrogen-bond acceptors (Lipinski definition) is 4. The van der Waals surface area contributed by atoms with Crippen LogP contribution in [0.3, 0.4) is 0 Å². The van der Waals surface area contributed by atoms with E-state index < -0.39 is 0 Å². The van der Waals surface area contributed by atoms with Crippen molar-refractivity contribution >= 4 is 12.4 Å². The Morgan fingerprint density at radius 3 is 1.55 bits per heavy atom. The Bertz CT molecular complexity index is 1450. The second-order valence-corrected chi connectivity index (χ2v) is 18.6. The Morgan fingerprint density at radius 2 is 1.16 bits per heavy atom. The number of benzene rings is 2. The van der Waals surface area contributed by atoms with Crippen LogP contribution >= 0.6 is 0 Å². The maximum atomic E-state index is 11.5. The standard InChI is InChI=1S/C40H60N2O2/c1-35(2,3)28-17-25(33(43)30(19-28)37(7,8)9)22-41-24-40(16-15-27-21-32(40)39(27,13)14)42-23-26-18-29(36(4,5)6)20-31(34(26)44)38(10,11)12/h17-20,22-23,27,32,43-44H,15-16,21,24H2,1-14H3/t27-,32+,40+/m0/s1. The van der Waals surface area contributed by atoms with Crippen LogP contribution in [0.4, 0.5) is 0 Å². The van der Waals surface area contributed by atoms with Crippen molar-refractivity contribution < 1.29 is 10.2 Å². The predicted molar refractivity (Wildman–Crippen MR) is 188 cm³/mol. The van der Waals surface area contributed by atoms with Gasteiger partial charge in [-0.05, 0) is 81.4 Å². The number of phenolic OH excluding ortho intramolecular Hbond substituents is 2. The molecule has 4 nitrogen and oxygen atoms in total. The lowest BCUT2D eigenvalue weighted by Crippen LogP contribution is -2.61. The summed E-state index contributed by atoms with van der Waals surface area (Å²) in [6, 6.07) is 8.53. The van der Waals surface area contributed by atoms with Crippen molar-refractivity contribution in [1.82, 2.24) is 0 Å². The van der Waals surface area contributed by atoms with Crippen molar-refractivity contribution in [2.75, 3.05) is 6.54 Å². The lowest BCUT2D eigenvalue weighted by Gasteiger charge is -2.63. The molecule has 0 aliphatic heterocycles. The van der Waals surface area contributed by atoms with E-state index in [0.717, 1.165) is 41.0 Å². The van der Waals surface area contributed by atoms with Gasteiger partial charge in [0.2, 0.25) is 0 Å². The first-order valence-corrected chi connectivity index (χ1v) is 16.7. The molecule has 0 heterocycles. The minimum Gasteiger partial charge on any atom is -0.507 e. The lowest BCUT2D eigenvalue weighted by atomic mass is 9.43. The number of phenols is 2. The molecule has 3 atom stereocenters. The lowest BCUT2D eigenvalue weighted by molar-refractivity contribution is -0.112. The van der Waals surface area contributed by atoms with Gasteiger partial charge in [0.15, 0.2) is 0 Å². The maximum absolute atomic E-state index is 11.5. The molecule has 44 heavy (non-hydrogen) atoms. The molecule has 3 aliphatic carbocycles. The number of aliphatic imine (C=N–C) groups is 2. The van der Waals surface area contributed by atoms with Crippen molar-refractivity contribution in [2.24, 2.45) is 27.2 Å². The number of rotatable bonds is 5. The highest BCUT2D eigenvalue weighted by molar-refractivity contribution is 5.86. The Labute approximate surface area is 268 Å². The molecule has 2 bridgehead atoms. The summed E-state index contributed by atoms with van der Waals surface area (Å²) < 4.78 is 0.